The number of carbonyl (C=O) groups is 1. The predicted octanol–water partition coefficient (Wildman–Crippen LogP) is 3.39. The number of thiophene rings is 1. The van der Waals surface area contributed by atoms with Gasteiger partial charge < -0.3 is 10.2 Å². The largest absolute Gasteiger partial charge is 0.324 e. The molecule has 0 aliphatic carbocycles. The highest BCUT2D eigenvalue weighted by Crippen LogP contribution is 2.26. The first-order valence-electron chi connectivity index (χ1n) is 9.18. The number of amides is 1. The Balaban J connectivity index is 2.01. The van der Waals surface area contributed by atoms with Crippen LogP contribution in [0.1, 0.15) is 27.4 Å². The van der Waals surface area contributed by atoms with Crippen molar-refractivity contribution in [1.82, 2.24) is 14.5 Å². The number of aromatic nitrogens is 2. The molecule has 1 aromatic carbocycles. The van der Waals surface area contributed by atoms with Crippen LogP contribution in [0, 0.1) is 27.7 Å². The lowest BCUT2D eigenvalue weighted by atomic mass is 10.1. The van der Waals surface area contributed by atoms with Gasteiger partial charge in [-0.25, -0.2) is 4.98 Å². The first-order chi connectivity index (χ1) is 13.2. The maximum atomic E-state index is 13.2. The summed E-state index contributed by atoms with van der Waals surface area (Å²) in [6.45, 7) is 8.27. The van der Waals surface area contributed by atoms with E-state index in [1.54, 1.807) is 0 Å². The Morgan fingerprint density at radius 1 is 1.21 bits per heavy atom. The summed E-state index contributed by atoms with van der Waals surface area (Å²) in [6, 6.07) is 5.91. The van der Waals surface area contributed by atoms with Gasteiger partial charge >= 0.3 is 0 Å². The summed E-state index contributed by atoms with van der Waals surface area (Å²) in [7, 11) is 3.84. The highest BCUT2D eigenvalue weighted by molar-refractivity contribution is 7.18. The van der Waals surface area contributed by atoms with Crippen LogP contribution in [-0.4, -0.2) is 34.5 Å². The Morgan fingerprint density at radius 2 is 1.93 bits per heavy atom. The van der Waals surface area contributed by atoms with E-state index in [1.807, 2.05) is 64.9 Å². The van der Waals surface area contributed by atoms with E-state index < -0.39 is 0 Å². The lowest BCUT2D eigenvalue weighted by Gasteiger charge is -2.16. The number of anilines is 1. The molecule has 2 heterocycles. The third kappa shape index (κ3) is 4.00. The number of hydrogen-bond donors (Lipinski definition) is 1. The van der Waals surface area contributed by atoms with Crippen LogP contribution in [0.3, 0.4) is 0 Å². The second-order valence-corrected chi connectivity index (χ2v) is 8.69. The molecule has 0 aliphatic heterocycles. The Kier molecular flexibility index (Phi) is 5.67. The van der Waals surface area contributed by atoms with Crippen molar-refractivity contribution < 1.29 is 4.79 Å². The number of aryl methyl sites for hydroxylation is 4. The highest BCUT2D eigenvalue weighted by atomic mass is 32.1. The molecule has 0 bridgehead atoms. The van der Waals surface area contributed by atoms with E-state index in [4.69, 9.17) is 4.98 Å². The van der Waals surface area contributed by atoms with Crippen LogP contribution in [0.5, 0.6) is 0 Å². The normalized spacial score (nSPS) is 11.4. The minimum atomic E-state index is -0.235. The van der Waals surface area contributed by atoms with Gasteiger partial charge in [0.05, 0.1) is 11.9 Å². The number of rotatable bonds is 5. The second kappa shape index (κ2) is 7.85. The molecule has 2 aromatic heterocycles. The van der Waals surface area contributed by atoms with Gasteiger partial charge in [-0.15, -0.1) is 11.3 Å². The first kappa shape index (κ1) is 20.2. The van der Waals surface area contributed by atoms with Gasteiger partial charge in [-0.1, -0.05) is 12.1 Å². The Labute approximate surface area is 168 Å². The number of benzene rings is 1. The fourth-order valence-electron chi connectivity index (χ4n) is 3.14. The molecule has 3 aromatic rings. The Bertz CT molecular complexity index is 1110. The Hall–Kier alpha value is -2.51. The standard InChI is InChI=1S/C21H26N4O2S/c1-12-7-8-13(2)16(9-12)22-18(26)11-25-17(10-24(5)6)23-20-19(21(25)27)14(3)15(4)28-20/h7-9H,10-11H2,1-6H3,(H,22,26). The van der Waals surface area contributed by atoms with Crippen molar-refractivity contribution in [2.75, 3.05) is 19.4 Å². The number of hydrogen-bond acceptors (Lipinski definition) is 5. The molecule has 1 amide bonds. The number of carbonyl (C=O) groups excluding carboxylic acids is 1. The minimum absolute atomic E-state index is 0.0628. The van der Waals surface area contributed by atoms with Crippen LogP contribution in [-0.2, 0) is 17.9 Å². The topological polar surface area (TPSA) is 67.2 Å². The van der Waals surface area contributed by atoms with Gasteiger partial charge in [0.15, 0.2) is 0 Å². The van der Waals surface area contributed by atoms with Crippen LogP contribution in [0.4, 0.5) is 5.69 Å². The van der Waals surface area contributed by atoms with Crippen LogP contribution in [0.15, 0.2) is 23.0 Å². The molecule has 6 nitrogen and oxygen atoms in total. The molecule has 28 heavy (non-hydrogen) atoms. The Morgan fingerprint density at radius 3 is 2.61 bits per heavy atom. The first-order valence-corrected chi connectivity index (χ1v) is 10.00. The molecule has 0 atom stereocenters. The third-order valence-electron chi connectivity index (χ3n) is 4.79. The summed E-state index contributed by atoms with van der Waals surface area (Å²) in [6.07, 6.45) is 0. The van der Waals surface area contributed by atoms with Crippen LogP contribution in [0.25, 0.3) is 10.2 Å². The molecule has 0 unspecified atom stereocenters. The summed E-state index contributed by atoms with van der Waals surface area (Å²) in [4.78, 5) is 34.4. The molecular formula is C21H26N4O2S. The van der Waals surface area contributed by atoms with Crippen molar-refractivity contribution in [2.24, 2.45) is 0 Å². The number of nitrogens with one attached hydrogen (secondary N) is 1. The lowest BCUT2D eigenvalue weighted by Crippen LogP contribution is -2.33. The van der Waals surface area contributed by atoms with Gasteiger partial charge in [0.25, 0.3) is 5.56 Å². The van der Waals surface area contributed by atoms with Gasteiger partial charge in [0, 0.05) is 10.6 Å². The molecule has 0 saturated carbocycles. The highest BCUT2D eigenvalue weighted by Gasteiger charge is 2.19. The maximum Gasteiger partial charge on any atom is 0.263 e. The number of nitrogens with zero attached hydrogens (tertiary/aromatic N) is 3. The van der Waals surface area contributed by atoms with Crippen molar-refractivity contribution in [3.05, 3.63) is 55.9 Å². The monoisotopic (exact) mass is 398 g/mol. The third-order valence-corrected chi connectivity index (χ3v) is 5.90. The van der Waals surface area contributed by atoms with Gasteiger partial charge in [-0.05, 0) is 64.5 Å². The lowest BCUT2D eigenvalue weighted by molar-refractivity contribution is -0.116. The molecule has 1 N–H and O–H groups in total. The zero-order valence-electron chi connectivity index (χ0n) is 17.2. The zero-order chi connectivity index (χ0) is 20.6. The average molecular weight is 399 g/mol. The molecule has 0 aliphatic rings. The van der Waals surface area contributed by atoms with Gasteiger partial charge in [0.1, 0.15) is 17.2 Å². The van der Waals surface area contributed by atoms with Crippen molar-refractivity contribution in [3.63, 3.8) is 0 Å². The summed E-state index contributed by atoms with van der Waals surface area (Å²) < 4.78 is 1.50. The van der Waals surface area contributed by atoms with Crippen molar-refractivity contribution >= 4 is 33.1 Å². The zero-order valence-corrected chi connectivity index (χ0v) is 18.0. The van der Waals surface area contributed by atoms with Crippen LogP contribution >= 0.6 is 11.3 Å². The van der Waals surface area contributed by atoms with Crippen LogP contribution in [0.2, 0.25) is 0 Å². The van der Waals surface area contributed by atoms with E-state index >= 15 is 0 Å². The average Bonchev–Trinajstić information content (AvgIpc) is 2.88. The fraction of sp³-hybridized carbons (Fsp3) is 0.381. The van der Waals surface area contributed by atoms with E-state index in [0.29, 0.717) is 17.8 Å². The minimum Gasteiger partial charge on any atom is -0.324 e. The van der Waals surface area contributed by atoms with E-state index in [9.17, 15) is 9.59 Å². The molecule has 3 rings (SSSR count). The van der Waals surface area contributed by atoms with E-state index in [0.717, 1.165) is 32.1 Å². The van der Waals surface area contributed by atoms with E-state index in [2.05, 4.69) is 5.32 Å². The fourth-order valence-corrected chi connectivity index (χ4v) is 4.18. The van der Waals surface area contributed by atoms with Crippen molar-refractivity contribution in [3.8, 4) is 0 Å². The summed E-state index contributed by atoms with van der Waals surface area (Å²) in [5.74, 6) is 0.362. The van der Waals surface area contributed by atoms with E-state index in [-0.39, 0.29) is 18.0 Å². The molecular weight excluding hydrogens is 372 g/mol. The maximum absolute atomic E-state index is 13.2. The second-order valence-electron chi connectivity index (χ2n) is 7.49. The smallest absolute Gasteiger partial charge is 0.263 e. The predicted molar refractivity (Wildman–Crippen MR) is 115 cm³/mol. The van der Waals surface area contributed by atoms with Gasteiger partial charge in [-0.2, -0.15) is 0 Å². The molecule has 7 heteroatoms. The van der Waals surface area contributed by atoms with Crippen molar-refractivity contribution in [2.45, 2.75) is 40.8 Å². The SMILES string of the molecule is Cc1ccc(C)c(NC(=O)Cn2c(CN(C)C)nc3sc(C)c(C)c3c2=O)c1. The molecule has 0 radical (unpaired) electrons. The van der Waals surface area contributed by atoms with Crippen molar-refractivity contribution in [1.29, 1.82) is 0 Å². The molecule has 148 valence electrons. The van der Waals surface area contributed by atoms with Gasteiger partial charge in [-0.3, -0.25) is 14.2 Å². The summed E-state index contributed by atoms with van der Waals surface area (Å²) in [5, 5.41) is 3.55. The van der Waals surface area contributed by atoms with E-state index in [1.165, 1.54) is 15.9 Å². The number of fused-ring (bicyclic) bond motifs is 1. The molecule has 0 saturated heterocycles. The molecule has 0 spiro atoms. The van der Waals surface area contributed by atoms with Gasteiger partial charge in [0.2, 0.25) is 5.91 Å². The quantitative estimate of drug-likeness (QED) is 0.715. The van der Waals surface area contributed by atoms with Crippen LogP contribution < -0.4 is 10.9 Å². The molecule has 0 fully saturated rings. The summed E-state index contributed by atoms with van der Waals surface area (Å²) >= 11 is 1.52. The summed E-state index contributed by atoms with van der Waals surface area (Å²) in [5.41, 5.74) is 3.61.